The van der Waals surface area contributed by atoms with Crippen LogP contribution in [0.1, 0.15) is 29.3 Å². The fourth-order valence-electron chi connectivity index (χ4n) is 2.23. The van der Waals surface area contributed by atoms with E-state index in [1.807, 2.05) is 44.2 Å². The number of hydrogen-bond donors (Lipinski definition) is 1. The summed E-state index contributed by atoms with van der Waals surface area (Å²) in [7, 11) is 0. The Morgan fingerprint density at radius 3 is 2.67 bits per heavy atom. The van der Waals surface area contributed by atoms with E-state index < -0.39 is 0 Å². The van der Waals surface area contributed by atoms with Crippen molar-refractivity contribution in [1.82, 2.24) is 0 Å². The third-order valence-electron chi connectivity index (χ3n) is 3.30. The van der Waals surface area contributed by atoms with Gasteiger partial charge < -0.3 is 10.6 Å². The van der Waals surface area contributed by atoms with E-state index in [9.17, 15) is 4.79 Å². The van der Waals surface area contributed by atoms with Crippen molar-refractivity contribution in [2.45, 2.75) is 20.3 Å². The van der Waals surface area contributed by atoms with E-state index in [-0.39, 0.29) is 5.91 Å². The number of nitrogen functional groups attached to an aromatic ring is 1. The van der Waals surface area contributed by atoms with Crippen molar-refractivity contribution in [1.29, 1.82) is 0 Å². The topological polar surface area (TPSA) is 46.3 Å². The van der Waals surface area contributed by atoms with Gasteiger partial charge in [-0.15, -0.1) is 0 Å². The number of hydrogen-bond acceptors (Lipinski definition) is 2. The number of anilines is 2. The number of carbonyl (C=O) groups is 1. The van der Waals surface area contributed by atoms with Gasteiger partial charge in [-0.2, -0.15) is 0 Å². The first-order chi connectivity index (χ1) is 10.0. The lowest BCUT2D eigenvalue weighted by atomic mass is 10.1. The average Bonchev–Trinajstić information content (AvgIpc) is 2.46. The number of benzene rings is 2. The lowest BCUT2D eigenvalue weighted by Gasteiger charge is -2.23. The molecule has 0 saturated carbocycles. The number of amides is 1. The summed E-state index contributed by atoms with van der Waals surface area (Å²) in [5.74, 6) is -0.0533. The SMILES string of the molecule is CCCN(C(=O)c1cc(Cl)ccc1C)c1cccc(N)c1. The van der Waals surface area contributed by atoms with Crippen LogP contribution in [0.3, 0.4) is 0 Å². The van der Waals surface area contributed by atoms with Crippen LogP contribution in [0.25, 0.3) is 0 Å². The molecule has 0 aliphatic rings. The molecule has 0 aromatic heterocycles. The predicted octanol–water partition coefficient (Wildman–Crippen LogP) is 4.29. The highest BCUT2D eigenvalue weighted by Crippen LogP contribution is 2.23. The van der Waals surface area contributed by atoms with Gasteiger partial charge in [0.05, 0.1) is 0 Å². The molecular weight excluding hydrogens is 284 g/mol. The maximum absolute atomic E-state index is 12.8. The Hall–Kier alpha value is -2.00. The molecular formula is C17H19ClN2O. The van der Waals surface area contributed by atoms with Gasteiger partial charge in [0.25, 0.3) is 5.91 Å². The maximum Gasteiger partial charge on any atom is 0.258 e. The van der Waals surface area contributed by atoms with Gasteiger partial charge in [-0.05, 0) is 49.2 Å². The number of carbonyl (C=O) groups excluding carboxylic acids is 1. The summed E-state index contributed by atoms with van der Waals surface area (Å²) in [5.41, 5.74) is 8.81. The summed E-state index contributed by atoms with van der Waals surface area (Å²) in [6.45, 7) is 4.58. The first-order valence-electron chi connectivity index (χ1n) is 6.96. The fourth-order valence-corrected chi connectivity index (χ4v) is 2.41. The zero-order chi connectivity index (χ0) is 15.4. The molecule has 110 valence electrons. The quantitative estimate of drug-likeness (QED) is 0.857. The molecule has 2 rings (SSSR count). The van der Waals surface area contributed by atoms with E-state index in [1.165, 1.54) is 0 Å². The van der Waals surface area contributed by atoms with Crippen LogP contribution in [-0.2, 0) is 0 Å². The largest absolute Gasteiger partial charge is 0.399 e. The molecule has 2 aromatic rings. The first kappa shape index (κ1) is 15.4. The zero-order valence-corrected chi connectivity index (χ0v) is 13.0. The van der Waals surface area contributed by atoms with Crippen molar-refractivity contribution >= 4 is 28.9 Å². The number of nitrogens with two attached hydrogens (primary N) is 1. The molecule has 0 bridgehead atoms. The van der Waals surface area contributed by atoms with E-state index in [0.29, 0.717) is 22.8 Å². The van der Waals surface area contributed by atoms with Gasteiger partial charge in [0, 0.05) is 28.5 Å². The Labute approximate surface area is 130 Å². The molecule has 2 N–H and O–H groups in total. The highest BCUT2D eigenvalue weighted by molar-refractivity contribution is 6.31. The van der Waals surface area contributed by atoms with Gasteiger partial charge in [0.2, 0.25) is 0 Å². The van der Waals surface area contributed by atoms with E-state index >= 15 is 0 Å². The summed E-state index contributed by atoms with van der Waals surface area (Å²) in [5, 5.41) is 0.563. The van der Waals surface area contributed by atoms with Gasteiger partial charge >= 0.3 is 0 Å². The van der Waals surface area contributed by atoms with E-state index in [2.05, 4.69) is 0 Å². The number of nitrogens with zero attached hydrogens (tertiary/aromatic N) is 1. The molecule has 0 fully saturated rings. The van der Waals surface area contributed by atoms with E-state index in [4.69, 9.17) is 17.3 Å². The van der Waals surface area contributed by atoms with E-state index in [1.54, 1.807) is 17.0 Å². The minimum absolute atomic E-state index is 0.0533. The Morgan fingerprint density at radius 1 is 1.24 bits per heavy atom. The molecule has 21 heavy (non-hydrogen) atoms. The normalized spacial score (nSPS) is 10.4. The first-order valence-corrected chi connectivity index (χ1v) is 7.34. The van der Waals surface area contributed by atoms with Crippen molar-refractivity contribution in [3.05, 3.63) is 58.6 Å². The van der Waals surface area contributed by atoms with Crippen LogP contribution in [0.4, 0.5) is 11.4 Å². The second-order valence-electron chi connectivity index (χ2n) is 5.01. The van der Waals surface area contributed by atoms with Crippen LogP contribution >= 0.6 is 11.6 Å². The van der Waals surface area contributed by atoms with Crippen LogP contribution in [-0.4, -0.2) is 12.5 Å². The van der Waals surface area contributed by atoms with Gasteiger partial charge in [0.1, 0.15) is 0 Å². The van der Waals surface area contributed by atoms with Gasteiger partial charge in [0.15, 0.2) is 0 Å². The van der Waals surface area contributed by atoms with Crippen LogP contribution in [0.15, 0.2) is 42.5 Å². The van der Waals surface area contributed by atoms with Crippen LogP contribution in [0.5, 0.6) is 0 Å². The van der Waals surface area contributed by atoms with Crippen molar-refractivity contribution in [3.63, 3.8) is 0 Å². The van der Waals surface area contributed by atoms with Crippen molar-refractivity contribution in [2.24, 2.45) is 0 Å². The summed E-state index contributed by atoms with van der Waals surface area (Å²) in [4.78, 5) is 14.6. The minimum Gasteiger partial charge on any atom is -0.399 e. The Balaban J connectivity index is 2.42. The molecule has 2 aromatic carbocycles. The molecule has 0 aliphatic heterocycles. The second-order valence-corrected chi connectivity index (χ2v) is 5.45. The lowest BCUT2D eigenvalue weighted by molar-refractivity contribution is 0.0986. The smallest absolute Gasteiger partial charge is 0.258 e. The third-order valence-corrected chi connectivity index (χ3v) is 3.54. The second kappa shape index (κ2) is 6.64. The highest BCUT2D eigenvalue weighted by Gasteiger charge is 2.19. The van der Waals surface area contributed by atoms with Crippen molar-refractivity contribution in [2.75, 3.05) is 17.2 Å². The molecule has 0 aliphatic carbocycles. The van der Waals surface area contributed by atoms with Crippen molar-refractivity contribution in [3.8, 4) is 0 Å². The van der Waals surface area contributed by atoms with Crippen LogP contribution < -0.4 is 10.6 Å². The number of halogens is 1. The van der Waals surface area contributed by atoms with Crippen molar-refractivity contribution < 1.29 is 4.79 Å². The molecule has 0 radical (unpaired) electrons. The number of aryl methyl sites for hydroxylation is 1. The summed E-state index contributed by atoms with van der Waals surface area (Å²) in [6.07, 6.45) is 0.861. The van der Waals surface area contributed by atoms with Crippen LogP contribution in [0, 0.1) is 6.92 Å². The fraction of sp³-hybridized carbons (Fsp3) is 0.235. The molecule has 0 saturated heterocycles. The monoisotopic (exact) mass is 302 g/mol. The van der Waals surface area contributed by atoms with Gasteiger partial charge in [-0.1, -0.05) is 30.7 Å². The molecule has 0 heterocycles. The molecule has 4 heteroatoms. The molecule has 0 atom stereocenters. The molecule has 0 spiro atoms. The Bertz CT molecular complexity index is 655. The van der Waals surface area contributed by atoms with Gasteiger partial charge in [-0.25, -0.2) is 0 Å². The highest BCUT2D eigenvalue weighted by atomic mass is 35.5. The molecule has 1 amide bonds. The van der Waals surface area contributed by atoms with E-state index in [0.717, 1.165) is 17.7 Å². The minimum atomic E-state index is -0.0533. The summed E-state index contributed by atoms with van der Waals surface area (Å²) < 4.78 is 0. The lowest BCUT2D eigenvalue weighted by Crippen LogP contribution is -2.32. The Kier molecular flexibility index (Phi) is 4.86. The average molecular weight is 303 g/mol. The Morgan fingerprint density at radius 2 is 2.00 bits per heavy atom. The number of rotatable bonds is 4. The predicted molar refractivity (Wildman–Crippen MR) is 89.0 cm³/mol. The van der Waals surface area contributed by atoms with Gasteiger partial charge in [-0.3, -0.25) is 4.79 Å². The maximum atomic E-state index is 12.8. The standard InChI is InChI=1S/C17H19ClN2O/c1-3-9-20(15-6-4-5-14(19)11-15)17(21)16-10-13(18)8-7-12(16)2/h4-8,10-11H,3,9,19H2,1-2H3. The summed E-state index contributed by atoms with van der Waals surface area (Å²) >= 11 is 6.02. The molecule has 3 nitrogen and oxygen atoms in total. The summed E-state index contributed by atoms with van der Waals surface area (Å²) in [6, 6.07) is 12.7. The van der Waals surface area contributed by atoms with Crippen LogP contribution in [0.2, 0.25) is 5.02 Å². The molecule has 0 unspecified atom stereocenters. The third kappa shape index (κ3) is 3.56. The zero-order valence-electron chi connectivity index (χ0n) is 12.3.